The van der Waals surface area contributed by atoms with E-state index < -0.39 is 0 Å². The lowest BCUT2D eigenvalue weighted by molar-refractivity contribution is 0.291. The third-order valence-corrected chi connectivity index (χ3v) is 4.70. The minimum absolute atomic E-state index is 0.403. The van der Waals surface area contributed by atoms with Crippen LogP contribution in [-0.2, 0) is 20.2 Å². The molecule has 1 aliphatic carbocycles. The fourth-order valence-electron chi connectivity index (χ4n) is 2.02. The van der Waals surface area contributed by atoms with Crippen LogP contribution in [-0.4, -0.2) is 15.6 Å². The normalized spacial score (nSPS) is 14.4. The molecule has 0 bridgehead atoms. The zero-order chi connectivity index (χ0) is 14.8. The lowest BCUT2D eigenvalue weighted by atomic mass is 10.2. The molecule has 6 heteroatoms. The smallest absolute Gasteiger partial charge is 0.147 e. The molecule has 0 saturated heterocycles. The summed E-state index contributed by atoms with van der Waals surface area (Å²) in [5.74, 6) is 1.64. The summed E-state index contributed by atoms with van der Waals surface area (Å²) in [6.45, 7) is 1.26. The molecule has 1 N–H and O–H groups in total. The summed E-state index contributed by atoms with van der Waals surface area (Å²) in [5, 5.41) is 4.12. The number of imidazole rings is 1. The molecule has 0 unspecified atom stereocenters. The summed E-state index contributed by atoms with van der Waals surface area (Å²) in [7, 11) is 1.88. The highest BCUT2D eigenvalue weighted by atomic mass is 79.9. The van der Waals surface area contributed by atoms with Crippen LogP contribution in [0.15, 0.2) is 28.9 Å². The van der Waals surface area contributed by atoms with Gasteiger partial charge in [-0.1, -0.05) is 27.5 Å². The molecule has 0 spiro atoms. The first-order valence-electron chi connectivity index (χ1n) is 6.94. The van der Waals surface area contributed by atoms with Crippen LogP contribution in [0, 0.1) is 0 Å². The van der Waals surface area contributed by atoms with E-state index in [1.807, 2.05) is 23.7 Å². The molecule has 1 aromatic carbocycles. The van der Waals surface area contributed by atoms with Crippen molar-refractivity contribution in [1.29, 1.82) is 0 Å². The fraction of sp³-hybridized carbons (Fsp3) is 0.400. The van der Waals surface area contributed by atoms with E-state index in [0.717, 1.165) is 22.6 Å². The van der Waals surface area contributed by atoms with E-state index in [1.165, 1.54) is 18.4 Å². The van der Waals surface area contributed by atoms with Crippen LogP contribution in [0.3, 0.4) is 0 Å². The van der Waals surface area contributed by atoms with Crippen molar-refractivity contribution in [1.82, 2.24) is 14.9 Å². The Morgan fingerprint density at radius 3 is 2.95 bits per heavy atom. The van der Waals surface area contributed by atoms with Crippen LogP contribution in [0.2, 0.25) is 5.15 Å². The van der Waals surface area contributed by atoms with Gasteiger partial charge in [0.1, 0.15) is 23.3 Å². The summed E-state index contributed by atoms with van der Waals surface area (Å²) >= 11 is 9.55. The number of rotatable bonds is 6. The van der Waals surface area contributed by atoms with Crippen LogP contribution in [0.1, 0.15) is 24.2 Å². The Hall–Kier alpha value is -1.04. The molecule has 4 nitrogen and oxygen atoms in total. The lowest BCUT2D eigenvalue weighted by Crippen LogP contribution is -2.15. The summed E-state index contributed by atoms with van der Waals surface area (Å²) in [6.07, 6.45) is 4.20. The number of benzene rings is 1. The molecule has 0 amide bonds. The Morgan fingerprint density at radius 1 is 1.48 bits per heavy atom. The molecule has 112 valence electrons. The van der Waals surface area contributed by atoms with Crippen LogP contribution in [0.5, 0.6) is 5.75 Å². The Bertz CT molecular complexity index is 640. The molecule has 1 saturated carbocycles. The van der Waals surface area contributed by atoms with Crippen LogP contribution < -0.4 is 10.1 Å². The Balaban J connectivity index is 1.64. The number of hydrogen-bond donors (Lipinski definition) is 1. The molecule has 1 aliphatic rings. The van der Waals surface area contributed by atoms with Crippen molar-refractivity contribution >= 4 is 27.5 Å². The highest BCUT2D eigenvalue weighted by Gasteiger charge is 2.20. The molecule has 21 heavy (non-hydrogen) atoms. The van der Waals surface area contributed by atoms with Gasteiger partial charge in [0.05, 0.1) is 6.20 Å². The van der Waals surface area contributed by atoms with Gasteiger partial charge in [0.25, 0.3) is 0 Å². The van der Waals surface area contributed by atoms with Crippen molar-refractivity contribution in [2.45, 2.75) is 32.0 Å². The SMILES string of the molecule is Cn1c(Cl)cnc1COc1ccc(Br)c(CNC2CC2)c1. The molecule has 1 fully saturated rings. The average Bonchev–Trinajstić information content (AvgIpc) is 3.25. The molecule has 1 heterocycles. The van der Waals surface area contributed by atoms with Crippen molar-refractivity contribution < 1.29 is 4.74 Å². The largest absolute Gasteiger partial charge is 0.486 e. The number of ether oxygens (including phenoxy) is 1. The zero-order valence-electron chi connectivity index (χ0n) is 11.8. The minimum atomic E-state index is 0.403. The predicted molar refractivity (Wildman–Crippen MR) is 86.6 cm³/mol. The van der Waals surface area contributed by atoms with Gasteiger partial charge < -0.3 is 14.6 Å². The van der Waals surface area contributed by atoms with E-state index in [4.69, 9.17) is 16.3 Å². The minimum Gasteiger partial charge on any atom is -0.486 e. The van der Waals surface area contributed by atoms with Gasteiger partial charge in [0, 0.05) is 24.1 Å². The zero-order valence-corrected chi connectivity index (χ0v) is 14.1. The number of hydrogen-bond acceptors (Lipinski definition) is 3. The molecular weight excluding hydrogens is 354 g/mol. The molecule has 1 aromatic heterocycles. The number of aromatic nitrogens is 2. The van der Waals surface area contributed by atoms with E-state index >= 15 is 0 Å². The standard InChI is InChI=1S/C15H17BrClN3O/c1-20-14(17)8-19-15(20)9-21-12-4-5-13(16)10(6-12)7-18-11-2-3-11/h4-6,8,11,18H,2-3,7,9H2,1H3. The van der Waals surface area contributed by atoms with Gasteiger partial charge in [-0.25, -0.2) is 4.98 Å². The molecule has 0 atom stereocenters. The summed E-state index contributed by atoms with van der Waals surface area (Å²) in [5.41, 5.74) is 1.21. The maximum absolute atomic E-state index is 5.96. The third-order valence-electron chi connectivity index (χ3n) is 3.57. The van der Waals surface area contributed by atoms with E-state index in [2.05, 4.69) is 32.3 Å². The van der Waals surface area contributed by atoms with Crippen molar-refractivity contribution in [2.24, 2.45) is 7.05 Å². The van der Waals surface area contributed by atoms with Crippen molar-refractivity contribution in [3.63, 3.8) is 0 Å². The van der Waals surface area contributed by atoms with Gasteiger partial charge in [0.15, 0.2) is 0 Å². The first-order valence-corrected chi connectivity index (χ1v) is 8.11. The van der Waals surface area contributed by atoms with Gasteiger partial charge in [0.2, 0.25) is 0 Å². The number of nitrogens with zero attached hydrogens (tertiary/aromatic N) is 2. The van der Waals surface area contributed by atoms with Crippen LogP contribution in [0.4, 0.5) is 0 Å². The molecular formula is C15H17BrClN3O. The second-order valence-electron chi connectivity index (χ2n) is 5.25. The highest BCUT2D eigenvalue weighted by molar-refractivity contribution is 9.10. The van der Waals surface area contributed by atoms with Gasteiger partial charge in [-0.15, -0.1) is 0 Å². The van der Waals surface area contributed by atoms with Crippen LogP contribution >= 0.6 is 27.5 Å². The van der Waals surface area contributed by atoms with Gasteiger partial charge in [-0.05, 0) is 36.6 Å². The average molecular weight is 371 g/mol. The first-order chi connectivity index (χ1) is 10.1. The van der Waals surface area contributed by atoms with Gasteiger partial charge in [-0.2, -0.15) is 0 Å². The van der Waals surface area contributed by atoms with Gasteiger partial charge in [-0.3, -0.25) is 0 Å². The number of nitrogens with one attached hydrogen (secondary N) is 1. The number of halogens is 2. The second-order valence-corrected chi connectivity index (χ2v) is 6.49. The first kappa shape index (κ1) is 14.9. The monoisotopic (exact) mass is 369 g/mol. The van der Waals surface area contributed by atoms with Gasteiger partial charge >= 0.3 is 0 Å². The van der Waals surface area contributed by atoms with Crippen molar-refractivity contribution in [3.8, 4) is 5.75 Å². The molecule has 0 radical (unpaired) electrons. The summed E-state index contributed by atoms with van der Waals surface area (Å²) in [6, 6.07) is 6.72. The maximum Gasteiger partial charge on any atom is 0.147 e. The van der Waals surface area contributed by atoms with Crippen molar-refractivity contribution in [3.05, 3.63) is 45.4 Å². The quantitative estimate of drug-likeness (QED) is 0.843. The molecule has 3 rings (SSSR count). The molecule has 2 aromatic rings. The maximum atomic E-state index is 5.96. The summed E-state index contributed by atoms with van der Waals surface area (Å²) in [4.78, 5) is 4.22. The van der Waals surface area contributed by atoms with E-state index in [-0.39, 0.29) is 0 Å². The topological polar surface area (TPSA) is 39.1 Å². The van der Waals surface area contributed by atoms with E-state index in [9.17, 15) is 0 Å². The van der Waals surface area contributed by atoms with E-state index in [1.54, 1.807) is 6.20 Å². The third kappa shape index (κ3) is 3.78. The second kappa shape index (κ2) is 6.38. The highest BCUT2D eigenvalue weighted by Crippen LogP contribution is 2.25. The Labute approximate surface area is 137 Å². The Kier molecular flexibility index (Phi) is 4.52. The summed E-state index contributed by atoms with van der Waals surface area (Å²) < 4.78 is 8.73. The van der Waals surface area contributed by atoms with Crippen LogP contribution in [0.25, 0.3) is 0 Å². The van der Waals surface area contributed by atoms with E-state index in [0.29, 0.717) is 17.8 Å². The predicted octanol–water partition coefficient (Wildman–Crippen LogP) is 3.67. The molecule has 0 aliphatic heterocycles. The van der Waals surface area contributed by atoms with Crippen molar-refractivity contribution in [2.75, 3.05) is 0 Å². The Morgan fingerprint density at radius 2 is 2.29 bits per heavy atom. The fourth-order valence-corrected chi connectivity index (χ4v) is 2.56. The lowest BCUT2D eigenvalue weighted by Gasteiger charge is -2.10.